The van der Waals surface area contributed by atoms with Gasteiger partial charge in [0.1, 0.15) is 6.10 Å². The Balaban J connectivity index is 0.00000208. The Labute approximate surface area is 156 Å². The monoisotopic (exact) mass is 395 g/mol. The summed E-state index contributed by atoms with van der Waals surface area (Å²) < 4.78 is 7.05. The first kappa shape index (κ1) is 19.5. The molecule has 1 aromatic carbocycles. The van der Waals surface area contributed by atoms with Crippen LogP contribution in [0.2, 0.25) is 0 Å². The van der Waals surface area contributed by atoms with Crippen LogP contribution in [0.5, 0.6) is 0 Å². The summed E-state index contributed by atoms with van der Waals surface area (Å²) in [5, 5.41) is 0. The van der Waals surface area contributed by atoms with Crippen LogP contribution < -0.4 is 17.0 Å². The largest absolute Gasteiger partial charge is 1.00 e. The van der Waals surface area contributed by atoms with Gasteiger partial charge in [0, 0.05) is 12.8 Å². The third-order valence-electron chi connectivity index (χ3n) is 6.11. The van der Waals surface area contributed by atoms with Crippen LogP contribution in [0.15, 0.2) is 30.3 Å². The zero-order chi connectivity index (χ0) is 16.5. The second-order valence-corrected chi connectivity index (χ2v) is 8.18. The topological polar surface area (TPSA) is 26.3 Å². The summed E-state index contributed by atoms with van der Waals surface area (Å²) in [6.07, 6.45) is 5.55. The minimum Gasteiger partial charge on any atom is -1.00 e. The number of quaternary nitrogens is 1. The first-order chi connectivity index (χ1) is 10.9. The molecule has 1 heterocycles. The van der Waals surface area contributed by atoms with Crippen molar-refractivity contribution in [2.45, 2.75) is 50.5 Å². The van der Waals surface area contributed by atoms with Crippen molar-refractivity contribution in [1.82, 2.24) is 0 Å². The molecule has 1 aromatic rings. The number of halogens is 1. The highest BCUT2D eigenvalue weighted by Crippen LogP contribution is 2.45. The van der Waals surface area contributed by atoms with Gasteiger partial charge in [0.2, 0.25) is 0 Å². The van der Waals surface area contributed by atoms with Crippen LogP contribution in [0, 0.1) is 5.92 Å². The minimum atomic E-state index is -0.485. The summed E-state index contributed by atoms with van der Waals surface area (Å²) in [5.41, 5.74) is 0.628. The Bertz CT molecular complexity index is 546. The smallest absolute Gasteiger partial charge is 0.316 e. The summed E-state index contributed by atoms with van der Waals surface area (Å²) in [7, 11) is 4.50. The van der Waals surface area contributed by atoms with E-state index in [1.54, 1.807) is 0 Å². The van der Waals surface area contributed by atoms with Crippen molar-refractivity contribution in [2.75, 3.05) is 27.2 Å². The highest BCUT2D eigenvalue weighted by molar-refractivity contribution is 5.83. The van der Waals surface area contributed by atoms with Crippen molar-refractivity contribution in [3.8, 4) is 0 Å². The van der Waals surface area contributed by atoms with Crippen LogP contribution in [0.1, 0.15) is 44.6 Å². The molecule has 1 aliphatic heterocycles. The van der Waals surface area contributed by atoms with Gasteiger partial charge in [-0.3, -0.25) is 4.79 Å². The average Bonchev–Trinajstić information content (AvgIpc) is 2.48. The summed E-state index contributed by atoms with van der Waals surface area (Å²) in [4.78, 5) is 13.1. The van der Waals surface area contributed by atoms with Gasteiger partial charge in [-0.25, -0.2) is 0 Å². The second-order valence-electron chi connectivity index (χ2n) is 8.18. The van der Waals surface area contributed by atoms with E-state index in [9.17, 15) is 4.79 Å². The number of rotatable bonds is 4. The van der Waals surface area contributed by atoms with Gasteiger partial charge >= 0.3 is 5.97 Å². The van der Waals surface area contributed by atoms with E-state index in [1.165, 1.54) is 6.42 Å². The fourth-order valence-corrected chi connectivity index (χ4v) is 3.92. The summed E-state index contributed by atoms with van der Waals surface area (Å²) in [6.45, 7) is 4.27. The molecule has 1 atom stereocenters. The summed E-state index contributed by atoms with van der Waals surface area (Å²) in [5.74, 6) is 0.416. The predicted molar refractivity (Wildman–Crippen MR) is 92.1 cm³/mol. The number of ether oxygens (including phenoxy) is 1. The number of piperidine rings is 1. The highest BCUT2D eigenvalue weighted by atomic mass is 79.9. The number of hydrogen-bond donors (Lipinski definition) is 0. The van der Waals surface area contributed by atoms with Crippen molar-refractivity contribution in [1.29, 1.82) is 0 Å². The van der Waals surface area contributed by atoms with Gasteiger partial charge in [0.25, 0.3) is 0 Å². The molecule has 24 heavy (non-hydrogen) atoms. The molecule has 2 fully saturated rings. The van der Waals surface area contributed by atoms with E-state index in [4.69, 9.17) is 4.74 Å². The Morgan fingerprint density at radius 3 is 2.17 bits per heavy atom. The summed E-state index contributed by atoms with van der Waals surface area (Å²) >= 11 is 0. The van der Waals surface area contributed by atoms with Crippen molar-refractivity contribution < 1.29 is 31.0 Å². The Kier molecular flexibility index (Phi) is 6.14. The number of likely N-dealkylation sites (tertiary alicyclic amines) is 1. The van der Waals surface area contributed by atoms with Crippen LogP contribution in [0.25, 0.3) is 0 Å². The number of carbonyl (C=O) groups excluding carboxylic acids is 1. The van der Waals surface area contributed by atoms with Crippen LogP contribution in [-0.4, -0.2) is 43.7 Å². The van der Waals surface area contributed by atoms with Gasteiger partial charge in [-0.15, -0.1) is 0 Å². The molecule has 0 aromatic heterocycles. The van der Waals surface area contributed by atoms with Gasteiger partial charge in [-0.2, -0.15) is 0 Å². The Hall–Kier alpha value is -0.870. The quantitative estimate of drug-likeness (QED) is 0.549. The number of carbonyl (C=O) groups is 1. The molecular weight excluding hydrogens is 366 g/mol. The molecule has 0 amide bonds. The van der Waals surface area contributed by atoms with E-state index in [1.807, 2.05) is 18.2 Å². The Morgan fingerprint density at radius 2 is 1.67 bits per heavy atom. The number of hydrogen-bond acceptors (Lipinski definition) is 2. The van der Waals surface area contributed by atoms with Gasteiger partial charge in [-0.05, 0) is 31.2 Å². The number of benzene rings is 1. The fourth-order valence-electron chi connectivity index (χ4n) is 3.92. The molecule has 0 spiro atoms. The first-order valence-electron chi connectivity index (χ1n) is 9.00. The van der Waals surface area contributed by atoms with Gasteiger partial charge in [-0.1, -0.05) is 36.8 Å². The molecule has 1 aliphatic carbocycles. The highest BCUT2D eigenvalue weighted by Gasteiger charge is 2.47. The molecule has 0 N–H and O–H groups in total. The van der Waals surface area contributed by atoms with E-state index in [0.29, 0.717) is 5.92 Å². The zero-order valence-electron chi connectivity index (χ0n) is 15.1. The maximum atomic E-state index is 13.1. The van der Waals surface area contributed by atoms with Crippen molar-refractivity contribution in [3.63, 3.8) is 0 Å². The van der Waals surface area contributed by atoms with Crippen LogP contribution in [0.3, 0.4) is 0 Å². The van der Waals surface area contributed by atoms with Gasteiger partial charge in [0.05, 0.1) is 32.6 Å². The molecule has 1 unspecified atom stereocenters. The molecule has 4 heteroatoms. The number of esters is 1. The lowest BCUT2D eigenvalue weighted by Gasteiger charge is -2.43. The Morgan fingerprint density at radius 1 is 1.08 bits per heavy atom. The van der Waals surface area contributed by atoms with Crippen molar-refractivity contribution >= 4 is 5.97 Å². The zero-order valence-corrected chi connectivity index (χ0v) is 16.7. The van der Waals surface area contributed by atoms with Crippen molar-refractivity contribution in [3.05, 3.63) is 35.9 Å². The molecular formula is C20H30BrNO2. The van der Waals surface area contributed by atoms with E-state index < -0.39 is 5.41 Å². The second kappa shape index (κ2) is 7.57. The lowest BCUT2D eigenvalue weighted by atomic mass is 9.63. The SMILES string of the molecule is CC(C(=O)OC1CC[N+](C)(C)CC1)(c1ccccc1)C1CCC1.[Br-]. The van der Waals surface area contributed by atoms with E-state index in [0.717, 1.165) is 48.8 Å². The van der Waals surface area contributed by atoms with Crippen LogP contribution >= 0.6 is 0 Å². The standard InChI is InChI=1S/C20H30NO2.BrH/c1-20(17-10-7-11-17,16-8-5-4-6-9-16)19(22)23-18-12-14-21(2,3)15-13-18;/h4-6,8-9,17-18H,7,10-15H2,1-3H3;1H/q+1;/p-1. The normalized spacial score (nSPS) is 23.5. The van der Waals surface area contributed by atoms with E-state index >= 15 is 0 Å². The predicted octanol–water partition coefficient (Wildman–Crippen LogP) is 0.530. The molecule has 1 saturated heterocycles. The molecule has 0 bridgehead atoms. The molecule has 3 nitrogen and oxygen atoms in total. The lowest BCUT2D eigenvalue weighted by molar-refractivity contribution is -0.896. The lowest BCUT2D eigenvalue weighted by Crippen LogP contribution is -3.00. The molecule has 1 saturated carbocycles. The van der Waals surface area contributed by atoms with Crippen LogP contribution in [-0.2, 0) is 14.9 Å². The van der Waals surface area contributed by atoms with E-state index in [2.05, 4.69) is 33.2 Å². The summed E-state index contributed by atoms with van der Waals surface area (Å²) in [6, 6.07) is 10.2. The maximum absolute atomic E-state index is 13.1. The van der Waals surface area contributed by atoms with E-state index in [-0.39, 0.29) is 29.1 Å². The third-order valence-corrected chi connectivity index (χ3v) is 6.11. The molecule has 2 aliphatic rings. The number of nitrogens with zero attached hydrogens (tertiary/aromatic N) is 1. The average molecular weight is 396 g/mol. The molecule has 134 valence electrons. The fraction of sp³-hybridized carbons (Fsp3) is 0.650. The molecule has 0 radical (unpaired) electrons. The van der Waals surface area contributed by atoms with Gasteiger partial charge in [0.15, 0.2) is 0 Å². The molecule has 3 rings (SSSR count). The first-order valence-corrected chi connectivity index (χ1v) is 9.00. The van der Waals surface area contributed by atoms with Crippen molar-refractivity contribution in [2.24, 2.45) is 5.92 Å². The minimum absolute atomic E-state index is 0. The van der Waals surface area contributed by atoms with Crippen LogP contribution in [0.4, 0.5) is 0 Å². The maximum Gasteiger partial charge on any atom is 0.316 e. The van der Waals surface area contributed by atoms with Gasteiger partial charge < -0.3 is 26.2 Å². The third kappa shape index (κ3) is 3.85.